The Morgan fingerprint density at radius 2 is 1.82 bits per heavy atom. The molecule has 8 nitrogen and oxygen atoms in total. The van der Waals surface area contributed by atoms with Gasteiger partial charge in [0.2, 0.25) is 0 Å². The zero-order chi connectivity index (χ0) is 20.8. The van der Waals surface area contributed by atoms with Crippen LogP contribution in [0.15, 0.2) is 36.4 Å². The second-order valence-corrected chi connectivity index (χ2v) is 6.62. The van der Waals surface area contributed by atoms with Crippen molar-refractivity contribution < 1.29 is 19.1 Å². The van der Waals surface area contributed by atoms with Crippen molar-refractivity contribution in [2.45, 2.75) is 33.8 Å². The lowest BCUT2D eigenvalue weighted by atomic mass is 10.1. The molecule has 0 spiro atoms. The van der Waals surface area contributed by atoms with Crippen molar-refractivity contribution in [1.82, 2.24) is 15.1 Å². The van der Waals surface area contributed by atoms with Gasteiger partial charge in [-0.1, -0.05) is 32.0 Å². The zero-order valence-corrected chi connectivity index (χ0v) is 16.3. The third-order valence-corrected chi connectivity index (χ3v) is 4.09. The molecule has 3 N–H and O–H groups in total. The van der Waals surface area contributed by atoms with Gasteiger partial charge >= 0.3 is 12.0 Å². The third-order valence-electron chi connectivity index (χ3n) is 4.09. The summed E-state index contributed by atoms with van der Waals surface area (Å²) in [5, 5.41) is 6.43. The molecule has 0 fully saturated rings. The largest absolute Gasteiger partial charge is 0.449 e. The summed E-state index contributed by atoms with van der Waals surface area (Å²) < 4.78 is 6.98. The molecule has 0 saturated carbocycles. The van der Waals surface area contributed by atoms with E-state index in [2.05, 4.69) is 5.10 Å². The SMILES string of the molecule is Cc1nn(-c2ccccc2)c(C)c1/C=C/C(=O)OC(C(=O)NC(N)=O)C(C)C. The van der Waals surface area contributed by atoms with Gasteiger partial charge in [-0.15, -0.1) is 0 Å². The number of amides is 3. The van der Waals surface area contributed by atoms with Gasteiger partial charge in [-0.3, -0.25) is 10.1 Å². The Morgan fingerprint density at radius 1 is 1.18 bits per heavy atom. The summed E-state index contributed by atoms with van der Waals surface area (Å²) in [6, 6.07) is 8.63. The van der Waals surface area contributed by atoms with Gasteiger partial charge in [-0.25, -0.2) is 14.3 Å². The van der Waals surface area contributed by atoms with Crippen molar-refractivity contribution in [3.63, 3.8) is 0 Å². The Bertz CT molecular complexity index is 900. The minimum absolute atomic E-state index is 0.332. The highest BCUT2D eigenvalue weighted by atomic mass is 16.5. The highest BCUT2D eigenvalue weighted by Gasteiger charge is 2.26. The fourth-order valence-corrected chi connectivity index (χ4v) is 2.72. The van der Waals surface area contributed by atoms with Crippen LogP contribution >= 0.6 is 0 Å². The molecule has 148 valence electrons. The highest BCUT2D eigenvalue weighted by Crippen LogP contribution is 2.19. The van der Waals surface area contributed by atoms with Gasteiger partial charge in [0.1, 0.15) is 0 Å². The number of hydrogen-bond donors (Lipinski definition) is 2. The summed E-state index contributed by atoms with van der Waals surface area (Å²) in [5.74, 6) is -1.79. The Balaban J connectivity index is 2.17. The van der Waals surface area contributed by atoms with Crippen LogP contribution in [-0.4, -0.2) is 33.8 Å². The van der Waals surface area contributed by atoms with Crippen molar-refractivity contribution >= 4 is 24.0 Å². The average Bonchev–Trinajstić information content (AvgIpc) is 2.91. The minimum atomic E-state index is -1.13. The molecular formula is C20H24N4O4. The maximum atomic E-state index is 12.2. The molecule has 8 heteroatoms. The Labute approximate surface area is 163 Å². The first-order chi connectivity index (χ1) is 13.2. The lowest BCUT2D eigenvalue weighted by Gasteiger charge is -2.18. The molecule has 3 amide bonds. The number of imide groups is 1. The summed E-state index contributed by atoms with van der Waals surface area (Å²) in [6.07, 6.45) is 1.71. The van der Waals surface area contributed by atoms with Gasteiger partial charge in [-0.05, 0) is 38.0 Å². The predicted octanol–water partition coefficient (Wildman–Crippen LogP) is 2.27. The summed E-state index contributed by atoms with van der Waals surface area (Å²) >= 11 is 0. The number of carbonyl (C=O) groups is 3. The van der Waals surface area contributed by atoms with E-state index in [1.54, 1.807) is 24.6 Å². The van der Waals surface area contributed by atoms with Gasteiger partial charge in [0.25, 0.3) is 5.91 Å². The summed E-state index contributed by atoms with van der Waals surface area (Å²) in [7, 11) is 0. The van der Waals surface area contributed by atoms with E-state index in [0.29, 0.717) is 0 Å². The van der Waals surface area contributed by atoms with E-state index in [1.807, 2.05) is 49.5 Å². The molecular weight excluding hydrogens is 360 g/mol. The zero-order valence-electron chi connectivity index (χ0n) is 16.3. The third kappa shape index (κ3) is 5.06. The predicted molar refractivity (Wildman–Crippen MR) is 105 cm³/mol. The van der Waals surface area contributed by atoms with Gasteiger partial charge in [0.15, 0.2) is 6.10 Å². The van der Waals surface area contributed by atoms with Crippen LogP contribution in [0.1, 0.15) is 30.8 Å². The molecule has 0 aliphatic heterocycles. The molecule has 1 heterocycles. The van der Waals surface area contributed by atoms with E-state index in [9.17, 15) is 14.4 Å². The number of primary amides is 1. The van der Waals surface area contributed by atoms with Crippen LogP contribution in [0.5, 0.6) is 0 Å². The number of aromatic nitrogens is 2. The van der Waals surface area contributed by atoms with Crippen molar-refractivity contribution in [3.05, 3.63) is 53.4 Å². The molecule has 2 rings (SSSR count). The summed E-state index contributed by atoms with van der Waals surface area (Å²) in [6.45, 7) is 7.13. The number of para-hydroxylation sites is 1. The fraction of sp³-hybridized carbons (Fsp3) is 0.300. The molecule has 1 aromatic carbocycles. The van der Waals surface area contributed by atoms with Crippen LogP contribution in [-0.2, 0) is 14.3 Å². The first-order valence-corrected chi connectivity index (χ1v) is 8.81. The quantitative estimate of drug-likeness (QED) is 0.585. The van der Waals surface area contributed by atoms with E-state index in [1.165, 1.54) is 6.08 Å². The molecule has 1 unspecified atom stereocenters. The molecule has 0 saturated heterocycles. The number of esters is 1. The smallest absolute Gasteiger partial charge is 0.331 e. The Hall–Kier alpha value is -3.42. The van der Waals surface area contributed by atoms with Crippen LogP contribution in [0.3, 0.4) is 0 Å². The lowest BCUT2D eigenvalue weighted by Crippen LogP contribution is -2.45. The molecule has 1 aromatic heterocycles. The number of ether oxygens (including phenoxy) is 1. The topological polar surface area (TPSA) is 116 Å². The number of urea groups is 1. The fourth-order valence-electron chi connectivity index (χ4n) is 2.72. The number of hydrogen-bond acceptors (Lipinski definition) is 5. The van der Waals surface area contributed by atoms with Crippen molar-refractivity contribution in [1.29, 1.82) is 0 Å². The number of rotatable bonds is 6. The first-order valence-electron chi connectivity index (χ1n) is 8.81. The number of benzene rings is 1. The normalized spacial score (nSPS) is 12.2. The molecule has 0 aliphatic rings. The van der Waals surface area contributed by atoms with E-state index in [-0.39, 0.29) is 5.92 Å². The van der Waals surface area contributed by atoms with Crippen LogP contribution < -0.4 is 11.1 Å². The molecule has 0 bridgehead atoms. The van der Waals surface area contributed by atoms with Crippen molar-refractivity contribution in [2.24, 2.45) is 11.7 Å². The lowest BCUT2D eigenvalue weighted by molar-refractivity contribution is -0.153. The van der Waals surface area contributed by atoms with Crippen LogP contribution in [0.2, 0.25) is 0 Å². The minimum Gasteiger partial charge on any atom is -0.449 e. The van der Waals surface area contributed by atoms with Crippen LogP contribution in [0.25, 0.3) is 11.8 Å². The molecule has 0 radical (unpaired) electrons. The summed E-state index contributed by atoms with van der Waals surface area (Å²) in [5.41, 5.74) is 8.25. The van der Waals surface area contributed by atoms with Gasteiger partial charge in [0, 0.05) is 17.3 Å². The molecule has 0 aliphatic carbocycles. The van der Waals surface area contributed by atoms with Gasteiger partial charge in [-0.2, -0.15) is 5.10 Å². The first kappa shape index (κ1) is 20.9. The van der Waals surface area contributed by atoms with E-state index in [0.717, 1.165) is 22.6 Å². The number of aryl methyl sites for hydroxylation is 1. The monoisotopic (exact) mass is 384 g/mol. The standard InChI is InChI=1S/C20H24N4O4/c1-12(2)18(19(26)22-20(21)27)28-17(25)11-10-16-13(3)23-24(14(16)4)15-8-6-5-7-9-15/h5-12,18H,1-4H3,(H3,21,22,26,27)/b11-10+. The second kappa shape index (κ2) is 8.98. The maximum absolute atomic E-state index is 12.2. The number of carbonyl (C=O) groups excluding carboxylic acids is 3. The average molecular weight is 384 g/mol. The Morgan fingerprint density at radius 3 is 2.39 bits per heavy atom. The second-order valence-electron chi connectivity index (χ2n) is 6.62. The number of nitrogens with zero attached hydrogens (tertiary/aromatic N) is 2. The molecule has 28 heavy (non-hydrogen) atoms. The van der Waals surface area contributed by atoms with E-state index >= 15 is 0 Å². The number of nitrogens with one attached hydrogen (secondary N) is 1. The van der Waals surface area contributed by atoms with E-state index in [4.69, 9.17) is 10.5 Å². The van der Waals surface area contributed by atoms with Crippen molar-refractivity contribution in [3.8, 4) is 5.69 Å². The molecule has 2 aromatic rings. The number of nitrogens with two attached hydrogens (primary N) is 1. The van der Waals surface area contributed by atoms with Crippen LogP contribution in [0.4, 0.5) is 4.79 Å². The maximum Gasteiger partial charge on any atom is 0.331 e. The van der Waals surface area contributed by atoms with Gasteiger partial charge < -0.3 is 10.5 Å². The van der Waals surface area contributed by atoms with Crippen molar-refractivity contribution in [2.75, 3.05) is 0 Å². The van der Waals surface area contributed by atoms with Crippen LogP contribution in [0, 0.1) is 19.8 Å². The van der Waals surface area contributed by atoms with E-state index < -0.39 is 24.0 Å². The molecule has 1 atom stereocenters. The van der Waals surface area contributed by atoms with Gasteiger partial charge in [0.05, 0.1) is 11.4 Å². The highest BCUT2D eigenvalue weighted by molar-refractivity contribution is 5.97. The Kier molecular flexibility index (Phi) is 6.70. The summed E-state index contributed by atoms with van der Waals surface area (Å²) in [4.78, 5) is 35.0.